The highest BCUT2D eigenvalue weighted by Gasteiger charge is 2.27. The first kappa shape index (κ1) is 28.1. The standard InChI is InChI=1S/C31H38N4O4/c1-31(2,32)26-15-12-22(17-27(26)39-4)29-25(21-8-6-5-7-9-21)18-23(19-33-29)34-28(36)16-20-10-13-24(14-11-20)35(3)30(37)38/h5-9,12,15,17-20,24H,10-11,13-14,16,32H2,1-4H3,(H,34,36)(H,37,38)/t20-,24-. The molecule has 0 saturated heterocycles. The second kappa shape index (κ2) is 11.9. The van der Waals surface area contributed by atoms with E-state index in [0.717, 1.165) is 53.6 Å². The van der Waals surface area contributed by atoms with E-state index in [1.807, 2.05) is 68.4 Å². The molecule has 0 bridgehead atoms. The molecule has 206 valence electrons. The number of aromatic nitrogens is 1. The first-order chi connectivity index (χ1) is 18.6. The Morgan fingerprint density at radius 2 is 1.77 bits per heavy atom. The molecule has 1 saturated carbocycles. The normalized spacial score (nSPS) is 17.4. The zero-order valence-corrected chi connectivity index (χ0v) is 23.1. The Hall–Kier alpha value is -3.91. The van der Waals surface area contributed by atoms with Crippen LogP contribution in [0.5, 0.6) is 5.75 Å². The van der Waals surface area contributed by atoms with Gasteiger partial charge in [-0.05, 0) is 63.1 Å². The lowest BCUT2D eigenvalue weighted by molar-refractivity contribution is -0.117. The van der Waals surface area contributed by atoms with Crippen molar-refractivity contribution in [2.45, 2.75) is 57.5 Å². The molecule has 4 rings (SSSR count). The number of hydrogen-bond acceptors (Lipinski definition) is 5. The van der Waals surface area contributed by atoms with Gasteiger partial charge in [0.2, 0.25) is 5.91 Å². The first-order valence-corrected chi connectivity index (χ1v) is 13.4. The van der Waals surface area contributed by atoms with Gasteiger partial charge < -0.3 is 25.8 Å². The molecule has 2 amide bonds. The zero-order valence-electron chi connectivity index (χ0n) is 23.1. The van der Waals surface area contributed by atoms with Crippen molar-refractivity contribution in [1.29, 1.82) is 0 Å². The number of hydrogen-bond donors (Lipinski definition) is 3. The molecule has 1 heterocycles. The van der Waals surface area contributed by atoms with Crippen molar-refractivity contribution in [3.8, 4) is 28.1 Å². The van der Waals surface area contributed by atoms with Gasteiger partial charge in [0.1, 0.15) is 5.75 Å². The lowest BCUT2D eigenvalue weighted by Gasteiger charge is -2.32. The molecule has 8 heteroatoms. The molecule has 1 aliphatic carbocycles. The number of ether oxygens (including phenoxy) is 1. The number of rotatable bonds is 8. The summed E-state index contributed by atoms with van der Waals surface area (Å²) < 4.78 is 5.66. The summed E-state index contributed by atoms with van der Waals surface area (Å²) in [5, 5.41) is 12.3. The molecule has 1 aliphatic rings. The molecule has 2 aromatic carbocycles. The van der Waals surface area contributed by atoms with Crippen LogP contribution in [0.3, 0.4) is 0 Å². The number of carboxylic acid groups (broad SMARTS) is 1. The van der Waals surface area contributed by atoms with E-state index in [1.54, 1.807) is 20.4 Å². The van der Waals surface area contributed by atoms with Gasteiger partial charge in [0.15, 0.2) is 0 Å². The molecule has 39 heavy (non-hydrogen) atoms. The van der Waals surface area contributed by atoms with Crippen LogP contribution in [0.25, 0.3) is 22.4 Å². The maximum absolute atomic E-state index is 13.0. The molecule has 0 atom stereocenters. The topological polar surface area (TPSA) is 118 Å². The zero-order chi connectivity index (χ0) is 28.2. The fourth-order valence-corrected chi connectivity index (χ4v) is 5.34. The Morgan fingerprint density at radius 1 is 1.08 bits per heavy atom. The van der Waals surface area contributed by atoms with Crippen LogP contribution in [0.15, 0.2) is 60.8 Å². The monoisotopic (exact) mass is 530 g/mol. The van der Waals surface area contributed by atoms with Crippen molar-refractivity contribution in [1.82, 2.24) is 9.88 Å². The number of amides is 2. The van der Waals surface area contributed by atoms with Crippen LogP contribution < -0.4 is 15.8 Å². The van der Waals surface area contributed by atoms with Crippen LogP contribution >= 0.6 is 0 Å². The number of carbonyl (C=O) groups is 2. The van der Waals surface area contributed by atoms with E-state index in [1.165, 1.54) is 4.90 Å². The number of pyridine rings is 1. The van der Waals surface area contributed by atoms with Crippen molar-refractivity contribution in [3.63, 3.8) is 0 Å². The summed E-state index contributed by atoms with van der Waals surface area (Å²) in [5.74, 6) is 0.874. The Balaban J connectivity index is 1.54. The summed E-state index contributed by atoms with van der Waals surface area (Å²) in [6, 6.07) is 17.9. The van der Waals surface area contributed by atoms with Crippen molar-refractivity contribution in [2.75, 3.05) is 19.5 Å². The number of nitrogens with zero attached hydrogens (tertiary/aromatic N) is 2. The second-order valence-corrected chi connectivity index (χ2v) is 10.9. The summed E-state index contributed by atoms with van der Waals surface area (Å²) in [5.41, 5.74) is 10.9. The predicted molar refractivity (Wildman–Crippen MR) is 154 cm³/mol. The molecule has 0 unspecified atom stereocenters. The highest BCUT2D eigenvalue weighted by molar-refractivity contribution is 5.93. The maximum Gasteiger partial charge on any atom is 0.407 e. The number of benzene rings is 2. The van der Waals surface area contributed by atoms with Crippen LogP contribution in [0.2, 0.25) is 0 Å². The van der Waals surface area contributed by atoms with Crippen LogP contribution in [-0.2, 0) is 10.3 Å². The molecule has 8 nitrogen and oxygen atoms in total. The van der Waals surface area contributed by atoms with Crippen LogP contribution in [0.1, 0.15) is 51.5 Å². The van der Waals surface area contributed by atoms with Crippen molar-refractivity contribution in [3.05, 3.63) is 66.4 Å². The average molecular weight is 531 g/mol. The molecular formula is C31H38N4O4. The van der Waals surface area contributed by atoms with E-state index < -0.39 is 11.6 Å². The third-order valence-corrected chi connectivity index (χ3v) is 7.57. The minimum absolute atomic E-state index is 0.0237. The van der Waals surface area contributed by atoms with Gasteiger partial charge in [0, 0.05) is 41.7 Å². The highest BCUT2D eigenvalue weighted by atomic mass is 16.5. The second-order valence-electron chi connectivity index (χ2n) is 10.9. The summed E-state index contributed by atoms with van der Waals surface area (Å²) in [7, 11) is 3.25. The Labute approximate surface area is 230 Å². The van der Waals surface area contributed by atoms with Gasteiger partial charge in [0.25, 0.3) is 0 Å². The molecule has 0 aliphatic heterocycles. The lowest BCUT2D eigenvalue weighted by atomic mass is 9.83. The van der Waals surface area contributed by atoms with E-state index in [2.05, 4.69) is 5.32 Å². The van der Waals surface area contributed by atoms with E-state index >= 15 is 0 Å². The Kier molecular flexibility index (Phi) is 8.55. The Bertz CT molecular complexity index is 1310. The van der Waals surface area contributed by atoms with Crippen LogP contribution in [0.4, 0.5) is 10.5 Å². The SMILES string of the molecule is COc1cc(-c2ncc(NC(=O)C[C@H]3CC[C@H](N(C)C(=O)O)CC3)cc2-c2ccccc2)ccc1C(C)(C)N. The number of nitrogens with one attached hydrogen (secondary N) is 1. The third kappa shape index (κ3) is 6.75. The van der Waals surface area contributed by atoms with Crippen molar-refractivity contribution >= 4 is 17.7 Å². The van der Waals surface area contributed by atoms with Gasteiger partial charge >= 0.3 is 6.09 Å². The minimum atomic E-state index is -0.904. The first-order valence-electron chi connectivity index (χ1n) is 13.4. The van der Waals surface area contributed by atoms with Gasteiger partial charge in [0.05, 0.1) is 24.7 Å². The number of anilines is 1. The van der Waals surface area contributed by atoms with E-state index in [9.17, 15) is 14.7 Å². The molecule has 1 fully saturated rings. The molecular weight excluding hydrogens is 492 g/mol. The molecule has 1 aromatic heterocycles. The molecule has 0 spiro atoms. The fraction of sp³-hybridized carbons (Fsp3) is 0.387. The molecule has 4 N–H and O–H groups in total. The van der Waals surface area contributed by atoms with Gasteiger partial charge in [-0.3, -0.25) is 9.78 Å². The number of carbonyl (C=O) groups excluding carboxylic acids is 1. The molecule has 3 aromatic rings. The Morgan fingerprint density at radius 3 is 2.38 bits per heavy atom. The van der Waals surface area contributed by atoms with E-state index in [0.29, 0.717) is 17.9 Å². The predicted octanol–water partition coefficient (Wildman–Crippen LogP) is 6.12. The molecule has 0 radical (unpaired) electrons. The minimum Gasteiger partial charge on any atom is -0.496 e. The van der Waals surface area contributed by atoms with Gasteiger partial charge in [-0.1, -0.05) is 42.5 Å². The van der Waals surface area contributed by atoms with Gasteiger partial charge in [-0.25, -0.2) is 4.79 Å². The fourth-order valence-electron chi connectivity index (χ4n) is 5.34. The number of methoxy groups -OCH3 is 1. The van der Waals surface area contributed by atoms with Gasteiger partial charge in [-0.2, -0.15) is 0 Å². The summed E-state index contributed by atoms with van der Waals surface area (Å²) in [6.07, 6.45) is 4.40. The summed E-state index contributed by atoms with van der Waals surface area (Å²) >= 11 is 0. The maximum atomic E-state index is 13.0. The van der Waals surface area contributed by atoms with Crippen molar-refractivity contribution < 1.29 is 19.4 Å². The average Bonchev–Trinajstić information content (AvgIpc) is 2.92. The summed E-state index contributed by atoms with van der Waals surface area (Å²) in [4.78, 5) is 30.3. The lowest BCUT2D eigenvalue weighted by Crippen LogP contribution is -2.38. The third-order valence-electron chi connectivity index (χ3n) is 7.57. The van der Waals surface area contributed by atoms with Crippen LogP contribution in [-0.4, -0.2) is 47.2 Å². The summed E-state index contributed by atoms with van der Waals surface area (Å²) in [6.45, 7) is 3.88. The highest BCUT2D eigenvalue weighted by Crippen LogP contribution is 2.37. The quantitative estimate of drug-likeness (QED) is 0.323. The van der Waals surface area contributed by atoms with E-state index in [-0.39, 0.29) is 17.9 Å². The largest absolute Gasteiger partial charge is 0.496 e. The van der Waals surface area contributed by atoms with Gasteiger partial charge in [-0.15, -0.1) is 0 Å². The smallest absolute Gasteiger partial charge is 0.407 e. The van der Waals surface area contributed by atoms with Crippen molar-refractivity contribution in [2.24, 2.45) is 11.7 Å². The van der Waals surface area contributed by atoms with E-state index in [4.69, 9.17) is 15.5 Å². The number of nitrogens with two attached hydrogens (primary N) is 1. The van der Waals surface area contributed by atoms with Crippen LogP contribution in [0, 0.1) is 5.92 Å².